The summed E-state index contributed by atoms with van der Waals surface area (Å²) >= 11 is 1.84. The second-order valence-electron chi connectivity index (χ2n) is 7.73. The highest BCUT2D eigenvalue weighted by Crippen LogP contribution is 2.34. The van der Waals surface area contributed by atoms with Gasteiger partial charge in [-0.3, -0.25) is 13.5 Å². The Hall–Kier alpha value is -1.74. The van der Waals surface area contributed by atoms with Gasteiger partial charge in [-0.15, -0.1) is 0 Å². The first-order valence-electron chi connectivity index (χ1n) is 9.73. The molecule has 3 heterocycles. The van der Waals surface area contributed by atoms with Crippen molar-refractivity contribution in [3.8, 4) is 0 Å². The van der Waals surface area contributed by atoms with Crippen LogP contribution in [0.5, 0.6) is 0 Å². The summed E-state index contributed by atoms with van der Waals surface area (Å²) < 4.78 is 37.5. The Kier molecular flexibility index (Phi) is 6.75. The standard InChI is InChI=1S/C16H21IN6O9S/c17-16-20-12(18)7-13(21-16)23(4-19-7)15-11(27)9(25)6(32-15)3-31-33(29,30)22-14(28)10(26)8(24)5-1-2-5/h4-6,8-11,15,24-27H,1-3H2,(H,22,28)(H2,18,20,21)/t6-,8-,9-,10+,11-,15-/m1/s1. The molecule has 0 bridgehead atoms. The summed E-state index contributed by atoms with van der Waals surface area (Å²) in [5.74, 6) is -1.51. The number of imidazole rings is 1. The lowest BCUT2D eigenvalue weighted by atomic mass is 10.1. The predicted molar refractivity (Wildman–Crippen MR) is 116 cm³/mol. The van der Waals surface area contributed by atoms with Gasteiger partial charge in [0.05, 0.1) is 19.0 Å². The van der Waals surface area contributed by atoms with Crippen molar-refractivity contribution in [2.24, 2.45) is 5.92 Å². The number of amides is 1. The molecule has 33 heavy (non-hydrogen) atoms. The van der Waals surface area contributed by atoms with Crippen LogP contribution < -0.4 is 10.5 Å². The maximum Gasteiger partial charge on any atom is 0.362 e. The lowest BCUT2D eigenvalue weighted by Crippen LogP contribution is -2.46. The van der Waals surface area contributed by atoms with Gasteiger partial charge in [0.2, 0.25) is 0 Å². The summed E-state index contributed by atoms with van der Waals surface area (Å²) in [4.78, 5) is 24.1. The van der Waals surface area contributed by atoms with Crippen LogP contribution in [0.4, 0.5) is 5.82 Å². The van der Waals surface area contributed by atoms with Crippen LogP contribution in [0.1, 0.15) is 19.1 Å². The van der Waals surface area contributed by atoms with Crippen LogP contribution in [0.25, 0.3) is 11.2 Å². The van der Waals surface area contributed by atoms with E-state index < -0.39 is 59.6 Å². The number of hydrogen-bond donors (Lipinski definition) is 6. The van der Waals surface area contributed by atoms with Crippen LogP contribution in [0.3, 0.4) is 0 Å². The van der Waals surface area contributed by atoms with Crippen molar-refractivity contribution in [1.29, 1.82) is 0 Å². The predicted octanol–water partition coefficient (Wildman–Crippen LogP) is -2.86. The Labute approximate surface area is 200 Å². The van der Waals surface area contributed by atoms with E-state index in [2.05, 4.69) is 19.1 Å². The third kappa shape index (κ3) is 5.04. The fraction of sp³-hybridized carbons (Fsp3) is 0.625. The van der Waals surface area contributed by atoms with Crippen molar-refractivity contribution in [1.82, 2.24) is 24.2 Å². The van der Waals surface area contributed by atoms with E-state index in [1.165, 1.54) is 15.6 Å². The molecule has 1 saturated heterocycles. The largest absolute Gasteiger partial charge is 0.390 e. The quantitative estimate of drug-likeness (QED) is 0.132. The lowest BCUT2D eigenvalue weighted by Gasteiger charge is -2.18. The summed E-state index contributed by atoms with van der Waals surface area (Å²) in [6.45, 7) is -0.764. The first-order chi connectivity index (χ1) is 15.5. The minimum atomic E-state index is -4.71. The van der Waals surface area contributed by atoms with E-state index in [-0.39, 0.29) is 22.9 Å². The number of carbonyl (C=O) groups is 1. The first kappa shape index (κ1) is 24.4. The van der Waals surface area contributed by atoms with E-state index >= 15 is 0 Å². The van der Waals surface area contributed by atoms with Crippen LogP contribution in [0, 0.1) is 9.75 Å². The van der Waals surface area contributed by atoms with Crippen molar-refractivity contribution in [2.45, 2.75) is 49.6 Å². The highest BCUT2D eigenvalue weighted by atomic mass is 127. The Morgan fingerprint density at radius 2 is 2.03 bits per heavy atom. The van der Waals surface area contributed by atoms with E-state index in [4.69, 9.17) is 10.5 Å². The minimum absolute atomic E-state index is 0.104. The molecule has 2 aliphatic rings. The number of aliphatic hydroxyl groups excluding tert-OH is 4. The molecule has 6 atom stereocenters. The fourth-order valence-corrected chi connectivity index (χ4v) is 4.64. The number of nitrogens with zero attached hydrogens (tertiary/aromatic N) is 4. The lowest BCUT2D eigenvalue weighted by molar-refractivity contribution is -0.134. The molecule has 0 unspecified atom stereocenters. The van der Waals surface area contributed by atoms with E-state index in [1.807, 2.05) is 22.6 Å². The number of carbonyl (C=O) groups excluding carboxylic acids is 1. The monoisotopic (exact) mass is 600 g/mol. The van der Waals surface area contributed by atoms with Crippen LogP contribution >= 0.6 is 22.6 Å². The zero-order chi connectivity index (χ0) is 24.1. The Balaban J connectivity index is 1.41. The number of aromatic nitrogens is 4. The molecule has 2 aromatic heterocycles. The van der Waals surface area contributed by atoms with Gasteiger partial charge in [-0.05, 0) is 18.8 Å². The average Bonchev–Trinajstić information content (AvgIpc) is 3.45. The number of rotatable bonds is 8. The summed E-state index contributed by atoms with van der Waals surface area (Å²) in [5, 5.41) is 40.3. The number of hydrogen-bond acceptors (Lipinski definition) is 13. The van der Waals surface area contributed by atoms with Crippen LogP contribution in [-0.2, 0) is 24.0 Å². The molecular weight excluding hydrogens is 579 g/mol. The molecule has 15 nitrogen and oxygen atoms in total. The Morgan fingerprint density at radius 1 is 1.33 bits per heavy atom. The number of aliphatic hydroxyl groups is 4. The number of ether oxygens (including phenoxy) is 1. The van der Waals surface area contributed by atoms with Crippen molar-refractivity contribution in [2.75, 3.05) is 12.3 Å². The molecular formula is C16H21IN6O9S. The van der Waals surface area contributed by atoms with Gasteiger partial charge in [0.15, 0.2) is 27.6 Å². The number of halogens is 1. The van der Waals surface area contributed by atoms with Gasteiger partial charge in [0, 0.05) is 22.6 Å². The topological polar surface area (TPSA) is 232 Å². The van der Waals surface area contributed by atoms with E-state index in [0.717, 1.165) is 0 Å². The molecule has 7 N–H and O–H groups in total. The van der Waals surface area contributed by atoms with Crippen molar-refractivity contribution < 1.29 is 42.6 Å². The molecule has 2 aromatic rings. The van der Waals surface area contributed by atoms with Crippen LogP contribution in [-0.4, -0.2) is 91.4 Å². The smallest absolute Gasteiger partial charge is 0.362 e. The molecule has 182 valence electrons. The Morgan fingerprint density at radius 3 is 2.70 bits per heavy atom. The summed E-state index contributed by atoms with van der Waals surface area (Å²) in [6, 6.07) is 0. The summed E-state index contributed by atoms with van der Waals surface area (Å²) in [6.07, 6.45) is -6.37. The molecule has 4 rings (SSSR count). The van der Waals surface area contributed by atoms with Gasteiger partial charge in [-0.2, -0.15) is 8.42 Å². The zero-order valence-electron chi connectivity index (χ0n) is 16.7. The highest BCUT2D eigenvalue weighted by molar-refractivity contribution is 14.1. The van der Waals surface area contributed by atoms with Gasteiger partial charge in [-0.1, -0.05) is 0 Å². The summed E-state index contributed by atoms with van der Waals surface area (Å²) in [5.41, 5.74) is 6.29. The minimum Gasteiger partial charge on any atom is -0.390 e. The van der Waals surface area contributed by atoms with E-state index in [1.54, 1.807) is 0 Å². The molecule has 1 aliphatic carbocycles. The molecule has 1 saturated carbocycles. The second kappa shape index (κ2) is 9.13. The molecule has 2 fully saturated rings. The number of fused-ring (bicyclic) bond motifs is 1. The van der Waals surface area contributed by atoms with Crippen LogP contribution in [0.2, 0.25) is 0 Å². The van der Waals surface area contributed by atoms with Gasteiger partial charge in [-0.25, -0.2) is 19.7 Å². The van der Waals surface area contributed by atoms with Gasteiger partial charge < -0.3 is 30.9 Å². The van der Waals surface area contributed by atoms with Gasteiger partial charge in [0.1, 0.15) is 23.8 Å². The Bertz CT molecular complexity index is 1160. The summed E-state index contributed by atoms with van der Waals surface area (Å²) in [7, 11) is -4.71. The van der Waals surface area contributed by atoms with Crippen LogP contribution in [0.15, 0.2) is 6.33 Å². The number of nitrogen functional groups attached to an aromatic ring is 1. The van der Waals surface area contributed by atoms with E-state index in [0.29, 0.717) is 16.7 Å². The maximum atomic E-state index is 12.1. The maximum absolute atomic E-state index is 12.1. The normalized spacial score (nSPS) is 27.5. The average molecular weight is 600 g/mol. The van der Waals surface area contributed by atoms with Crippen molar-refractivity contribution >= 4 is 55.8 Å². The molecule has 1 aliphatic heterocycles. The second-order valence-corrected chi connectivity index (χ2v) is 10.0. The molecule has 0 spiro atoms. The molecule has 1 amide bonds. The fourth-order valence-electron chi connectivity index (χ4n) is 3.41. The zero-order valence-corrected chi connectivity index (χ0v) is 19.7. The van der Waals surface area contributed by atoms with Crippen molar-refractivity contribution in [3.63, 3.8) is 0 Å². The number of nitrogens with one attached hydrogen (secondary N) is 1. The van der Waals surface area contributed by atoms with Crippen molar-refractivity contribution in [3.05, 3.63) is 10.2 Å². The molecule has 17 heteroatoms. The van der Waals surface area contributed by atoms with Gasteiger partial charge >= 0.3 is 10.3 Å². The highest BCUT2D eigenvalue weighted by Gasteiger charge is 2.45. The SMILES string of the molecule is Nc1nc(I)nc2c1ncn2[C@@H]1O[C@H](COS(=O)(=O)NC(=O)[C@@H](O)[C@H](O)C2CC2)[C@@H](O)[C@H]1O. The third-order valence-electron chi connectivity index (χ3n) is 5.34. The van der Waals surface area contributed by atoms with Gasteiger partial charge in [0.25, 0.3) is 5.91 Å². The number of anilines is 1. The first-order valence-corrected chi connectivity index (χ1v) is 12.2. The molecule has 0 radical (unpaired) electrons. The third-order valence-corrected chi connectivity index (χ3v) is 6.72. The van der Waals surface area contributed by atoms with E-state index in [9.17, 15) is 33.6 Å². The molecule has 0 aromatic carbocycles. The number of nitrogens with two attached hydrogens (primary N) is 1.